The van der Waals surface area contributed by atoms with Crippen molar-refractivity contribution in [1.29, 1.82) is 5.26 Å². The van der Waals surface area contributed by atoms with E-state index in [1.807, 2.05) is 24.3 Å². The summed E-state index contributed by atoms with van der Waals surface area (Å²) in [6.45, 7) is 4.42. The number of rotatable bonds is 10. The molecule has 0 spiro atoms. The Kier molecular flexibility index (Phi) is 8.15. The summed E-state index contributed by atoms with van der Waals surface area (Å²) in [5, 5.41) is 17.6. The normalized spacial score (nSPS) is 10.5. The molecular weight excluding hydrogens is 264 g/mol. The number of carboxylic acid groups (broad SMARTS) is 1. The van der Waals surface area contributed by atoms with Gasteiger partial charge in [-0.25, -0.2) is 0 Å². The van der Waals surface area contributed by atoms with Crippen molar-refractivity contribution in [2.24, 2.45) is 0 Å². The quantitative estimate of drug-likeness (QED) is 0.670. The largest absolute Gasteiger partial charge is 0.481 e. The van der Waals surface area contributed by atoms with Crippen LogP contribution < -0.4 is 0 Å². The van der Waals surface area contributed by atoms with E-state index in [4.69, 9.17) is 10.4 Å². The fourth-order valence-corrected chi connectivity index (χ4v) is 2.23. The molecule has 0 fully saturated rings. The zero-order valence-electron chi connectivity index (χ0n) is 12.7. The fraction of sp³-hybridized carbons (Fsp3) is 0.529. The number of aliphatic carboxylic acids is 1. The molecule has 0 bridgehead atoms. The first-order valence-corrected chi connectivity index (χ1v) is 7.59. The van der Waals surface area contributed by atoms with E-state index in [0.29, 0.717) is 12.1 Å². The summed E-state index contributed by atoms with van der Waals surface area (Å²) in [7, 11) is 0. The predicted molar refractivity (Wildman–Crippen MR) is 82.8 cm³/mol. The molecule has 0 aliphatic heterocycles. The van der Waals surface area contributed by atoms with Crippen molar-refractivity contribution in [1.82, 2.24) is 4.90 Å². The first kappa shape index (κ1) is 17.2. The molecule has 0 saturated carbocycles. The second-order valence-corrected chi connectivity index (χ2v) is 5.29. The topological polar surface area (TPSA) is 64.3 Å². The van der Waals surface area contributed by atoms with Crippen LogP contribution in [0.5, 0.6) is 0 Å². The van der Waals surface area contributed by atoms with E-state index in [2.05, 4.69) is 17.9 Å². The van der Waals surface area contributed by atoms with Crippen molar-refractivity contribution < 1.29 is 9.90 Å². The van der Waals surface area contributed by atoms with Crippen molar-refractivity contribution in [2.75, 3.05) is 13.1 Å². The Morgan fingerprint density at radius 1 is 1.19 bits per heavy atom. The third-order valence-corrected chi connectivity index (χ3v) is 3.46. The lowest BCUT2D eigenvalue weighted by molar-refractivity contribution is -0.137. The monoisotopic (exact) mass is 288 g/mol. The molecule has 0 heterocycles. The molecule has 1 rings (SSSR count). The molecule has 1 aromatic rings. The highest BCUT2D eigenvalue weighted by molar-refractivity contribution is 5.66. The lowest BCUT2D eigenvalue weighted by Crippen LogP contribution is -2.27. The second kappa shape index (κ2) is 9.95. The van der Waals surface area contributed by atoms with Crippen molar-refractivity contribution >= 4 is 5.97 Å². The first-order valence-electron chi connectivity index (χ1n) is 7.59. The highest BCUT2D eigenvalue weighted by Crippen LogP contribution is 2.10. The molecule has 0 aliphatic carbocycles. The van der Waals surface area contributed by atoms with Crippen LogP contribution in [0.25, 0.3) is 0 Å². The smallest absolute Gasteiger partial charge is 0.304 e. The van der Waals surface area contributed by atoms with Gasteiger partial charge < -0.3 is 5.11 Å². The Balaban J connectivity index is 2.53. The van der Waals surface area contributed by atoms with Gasteiger partial charge in [-0.15, -0.1) is 0 Å². The van der Waals surface area contributed by atoms with Gasteiger partial charge in [0.05, 0.1) is 18.1 Å². The molecule has 21 heavy (non-hydrogen) atoms. The lowest BCUT2D eigenvalue weighted by atomic mass is 10.1. The summed E-state index contributed by atoms with van der Waals surface area (Å²) in [6, 6.07) is 9.60. The molecule has 4 heteroatoms. The minimum Gasteiger partial charge on any atom is -0.481 e. The minimum absolute atomic E-state index is 0.171. The zero-order chi connectivity index (χ0) is 15.5. The van der Waals surface area contributed by atoms with Gasteiger partial charge in [-0.2, -0.15) is 5.26 Å². The van der Waals surface area contributed by atoms with Crippen LogP contribution in [0.1, 0.15) is 50.2 Å². The molecule has 0 unspecified atom stereocenters. The number of unbranched alkanes of at least 4 members (excludes halogenated alkanes) is 3. The number of carbonyl (C=O) groups is 1. The Labute approximate surface area is 127 Å². The van der Waals surface area contributed by atoms with Crippen molar-refractivity contribution in [3.05, 3.63) is 35.4 Å². The van der Waals surface area contributed by atoms with Gasteiger partial charge in [-0.05, 0) is 30.7 Å². The Hall–Kier alpha value is -1.86. The van der Waals surface area contributed by atoms with Crippen LogP contribution in [0.4, 0.5) is 0 Å². The van der Waals surface area contributed by atoms with Gasteiger partial charge in [0, 0.05) is 13.1 Å². The summed E-state index contributed by atoms with van der Waals surface area (Å²) in [5.41, 5.74) is 1.77. The van der Waals surface area contributed by atoms with Crippen LogP contribution in [-0.2, 0) is 11.3 Å². The third kappa shape index (κ3) is 7.48. The molecular formula is C17H24N2O2. The third-order valence-electron chi connectivity index (χ3n) is 3.46. The number of hydrogen-bond acceptors (Lipinski definition) is 3. The maximum Gasteiger partial charge on any atom is 0.304 e. The van der Waals surface area contributed by atoms with Gasteiger partial charge in [0.15, 0.2) is 0 Å². The van der Waals surface area contributed by atoms with E-state index in [1.54, 1.807) is 0 Å². The summed E-state index contributed by atoms with van der Waals surface area (Å²) < 4.78 is 0. The standard InChI is InChI=1S/C17H24N2O2/c1-2-3-4-5-11-19(12-10-17(20)21)14-16-8-6-15(13-18)7-9-16/h6-9H,2-5,10-12,14H2,1H3,(H,20,21). The lowest BCUT2D eigenvalue weighted by Gasteiger charge is -2.21. The van der Waals surface area contributed by atoms with Crippen LogP contribution in [0.2, 0.25) is 0 Å². The van der Waals surface area contributed by atoms with E-state index >= 15 is 0 Å². The average Bonchev–Trinajstić information content (AvgIpc) is 2.49. The van der Waals surface area contributed by atoms with Crippen LogP contribution >= 0.6 is 0 Å². The Morgan fingerprint density at radius 3 is 2.48 bits per heavy atom. The number of hydrogen-bond donors (Lipinski definition) is 1. The molecule has 0 aliphatic rings. The summed E-state index contributed by atoms with van der Waals surface area (Å²) >= 11 is 0. The highest BCUT2D eigenvalue weighted by Gasteiger charge is 2.08. The Morgan fingerprint density at radius 2 is 1.90 bits per heavy atom. The number of nitrogens with zero attached hydrogens (tertiary/aromatic N) is 2. The van der Waals surface area contributed by atoms with Gasteiger partial charge in [0.2, 0.25) is 0 Å². The number of benzene rings is 1. The molecule has 114 valence electrons. The molecule has 4 nitrogen and oxygen atoms in total. The first-order chi connectivity index (χ1) is 10.2. The van der Waals surface area contributed by atoms with Gasteiger partial charge in [-0.3, -0.25) is 9.69 Å². The van der Waals surface area contributed by atoms with Crippen LogP contribution in [0.15, 0.2) is 24.3 Å². The second-order valence-electron chi connectivity index (χ2n) is 5.29. The van der Waals surface area contributed by atoms with Crippen molar-refractivity contribution in [3.63, 3.8) is 0 Å². The van der Waals surface area contributed by atoms with Crippen LogP contribution in [-0.4, -0.2) is 29.1 Å². The SMILES string of the molecule is CCCCCCN(CCC(=O)O)Cc1ccc(C#N)cc1. The van der Waals surface area contributed by atoms with E-state index in [-0.39, 0.29) is 6.42 Å². The van der Waals surface area contributed by atoms with Gasteiger partial charge in [0.1, 0.15) is 0 Å². The molecule has 0 radical (unpaired) electrons. The maximum absolute atomic E-state index is 10.8. The molecule has 0 saturated heterocycles. The van der Waals surface area contributed by atoms with E-state index < -0.39 is 5.97 Å². The van der Waals surface area contributed by atoms with Crippen LogP contribution in [0, 0.1) is 11.3 Å². The van der Waals surface area contributed by atoms with Crippen molar-refractivity contribution in [3.8, 4) is 6.07 Å². The van der Waals surface area contributed by atoms with Crippen molar-refractivity contribution in [2.45, 2.75) is 45.6 Å². The molecule has 0 amide bonds. The zero-order valence-corrected chi connectivity index (χ0v) is 12.7. The highest BCUT2D eigenvalue weighted by atomic mass is 16.4. The summed E-state index contributed by atoms with van der Waals surface area (Å²) in [6.07, 6.45) is 4.88. The van der Waals surface area contributed by atoms with Gasteiger partial charge >= 0.3 is 5.97 Å². The summed E-state index contributed by atoms with van der Waals surface area (Å²) in [5.74, 6) is -0.756. The Bertz CT molecular complexity index is 463. The minimum atomic E-state index is -0.756. The maximum atomic E-state index is 10.8. The molecule has 1 aromatic carbocycles. The average molecular weight is 288 g/mol. The number of carboxylic acids is 1. The molecule has 0 aromatic heterocycles. The van der Waals surface area contributed by atoms with Gasteiger partial charge in [0.25, 0.3) is 0 Å². The van der Waals surface area contributed by atoms with Crippen LogP contribution in [0.3, 0.4) is 0 Å². The fourth-order valence-electron chi connectivity index (χ4n) is 2.23. The molecule has 0 atom stereocenters. The number of nitriles is 1. The van der Waals surface area contributed by atoms with Gasteiger partial charge in [-0.1, -0.05) is 38.3 Å². The summed E-state index contributed by atoms with van der Waals surface area (Å²) in [4.78, 5) is 12.9. The van der Waals surface area contributed by atoms with E-state index in [0.717, 1.165) is 25.1 Å². The molecule has 1 N–H and O–H groups in total. The van der Waals surface area contributed by atoms with E-state index in [1.165, 1.54) is 19.3 Å². The predicted octanol–water partition coefficient (Wildman–Crippen LogP) is 3.42. The van der Waals surface area contributed by atoms with E-state index in [9.17, 15) is 4.79 Å².